The van der Waals surface area contributed by atoms with Crippen molar-refractivity contribution >= 4 is 29.4 Å². The van der Waals surface area contributed by atoms with Crippen LogP contribution in [0.3, 0.4) is 0 Å². The monoisotopic (exact) mass is 393 g/mol. The van der Waals surface area contributed by atoms with E-state index in [-0.39, 0.29) is 12.5 Å². The Morgan fingerprint density at radius 2 is 1.79 bits per heavy atom. The van der Waals surface area contributed by atoms with E-state index in [2.05, 4.69) is 15.8 Å². The summed E-state index contributed by atoms with van der Waals surface area (Å²) in [5.74, 6) is 0.465. The minimum atomic E-state index is -0.230. The van der Waals surface area contributed by atoms with Crippen molar-refractivity contribution in [1.29, 1.82) is 0 Å². The van der Waals surface area contributed by atoms with Gasteiger partial charge in [-0.1, -0.05) is 60.1 Å². The molecule has 0 radical (unpaired) electrons. The second kappa shape index (κ2) is 10.1. The van der Waals surface area contributed by atoms with Crippen molar-refractivity contribution in [2.75, 3.05) is 11.9 Å². The summed E-state index contributed by atoms with van der Waals surface area (Å²) in [6.45, 7) is 0.518. The number of nitrogens with zero attached hydrogens (tertiary/aromatic N) is 1. The van der Waals surface area contributed by atoms with E-state index in [1.165, 1.54) is 0 Å². The van der Waals surface area contributed by atoms with Gasteiger partial charge in [-0.05, 0) is 35.9 Å². The van der Waals surface area contributed by atoms with Crippen LogP contribution in [0.25, 0.3) is 0 Å². The minimum Gasteiger partial charge on any atom is -0.489 e. The molecule has 0 fully saturated rings. The Balaban J connectivity index is 1.48. The molecule has 0 atom stereocenters. The van der Waals surface area contributed by atoms with Crippen molar-refractivity contribution in [1.82, 2.24) is 5.43 Å². The van der Waals surface area contributed by atoms with Crippen LogP contribution in [0.15, 0.2) is 84.0 Å². The lowest BCUT2D eigenvalue weighted by molar-refractivity contribution is -0.119. The number of carbonyl (C=O) groups is 1. The summed E-state index contributed by atoms with van der Waals surface area (Å²) in [6, 6.07) is 24.5. The molecule has 0 aliphatic rings. The van der Waals surface area contributed by atoms with E-state index in [4.69, 9.17) is 16.3 Å². The van der Waals surface area contributed by atoms with Crippen LogP contribution in [0, 0.1) is 0 Å². The van der Waals surface area contributed by atoms with Gasteiger partial charge in [0.1, 0.15) is 12.4 Å². The lowest BCUT2D eigenvalue weighted by atomic mass is 10.2. The van der Waals surface area contributed by atoms with E-state index in [9.17, 15) is 4.79 Å². The molecular formula is C22H20ClN3O2. The largest absolute Gasteiger partial charge is 0.489 e. The molecular weight excluding hydrogens is 374 g/mol. The molecule has 0 aliphatic carbocycles. The molecule has 0 aromatic heterocycles. The smallest absolute Gasteiger partial charge is 0.259 e. The van der Waals surface area contributed by atoms with Crippen molar-refractivity contribution in [2.45, 2.75) is 6.61 Å². The molecule has 5 nitrogen and oxygen atoms in total. The fraction of sp³-hybridized carbons (Fsp3) is 0.0909. The normalized spacial score (nSPS) is 10.6. The fourth-order valence-electron chi connectivity index (χ4n) is 2.42. The predicted octanol–water partition coefficient (Wildman–Crippen LogP) is 4.48. The molecule has 0 saturated carbocycles. The second-order valence-corrected chi connectivity index (χ2v) is 6.37. The third-order valence-corrected chi connectivity index (χ3v) is 4.21. The third-order valence-electron chi connectivity index (χ3n) is 3.84. The first-order valence-corrected chi connectivity index (χ1v) is 9.15. The van der Waals surface area contributed by atoms with Crippen LogP contribution in [0.1, 0.15) is 11.1 Å². The van der Waals surface area contributed by atoms with Gasteiger partial charge in [0, 0.05) is 16.3 Å². The van der Waals surface area contributed by atoms with Gasteiger partial charge in [-0.3, -0.25) is 4.79 Å². The number of hydrogen-bond acceptors (Lipinski definition) is 4. The SMILES string of the molecule is O=C(CNc1ccccc1)N/N=C\c1cccc(OCc2ccccc2Cl)c1. The number of amides is 1. The Kier molecular flexibility index (Phi) is 7.04. The van der Waals surface area contributed by atoms with E-state index < -0.39 is 0 Å². The number of ether oxygens (including phenoxy) is 1. The first-order chi connectivity index (χ1) is 13.7. The Morgan fingerprint density at radius 3 is 2.61 bits per heavy atom. The summed E-state index contributed by atoms with van der Waals surface area (Å²) < 4.78 is 5.79. The Bertz CT molecular complexity index is 945. The van der Waals surface area contributed by atoms with Gasteiger partial charge in [-0.2, -0.15) is 5.10 Å². The summed E-state index contributed by atoms with van der Waals surface area (Å²) in [5.41, 5.74) is 5.11. The van der Waals surface area contributed by atoms with E-state index >= 15 is 0 Å². The predicted molar refractivity (Wildman–Crippen MR) is 113 cm³/mol. The van der Waals surface area contributed by atoms with Gasteiger partial charge in [0.15, 0.2) is 0 Å². The van der Waals surface area contributed by atoms with Gasteiger partial charge in [-0.25, -0.2) is 5.43 Å². The van der Waals surface area contributed by atoms with Gasteiger partial charge in [0.25, 0.3) is 5.91 Å². The van der Waals surface area contributed by atoms with Crippen LogP contribution >= 0.6 is 11.6 Å². The summed E-state index contributed by atoms with van der Waals surface area (Å²) in [4.78, 5) is 11.8. The van der Waals surface area contributed by atoms with Crippen LogP contribution in [-0.2, 0) is 11.4 Å². The Morgan fingerprint density at radius 1 is 1.00 bits per heavy atom. The molecule has 0 saturated heterocycles. The molecule has 0 unspecified atom stereocenters. The van der Waals surface area contributed by atoms with Crippen LogP contribution in [0.4, 0.5) is 5.69 Å². The number of rotatable bonds is 8. The van der Waals surface area contributed by atoms with E-state index in [0.29, 0.717) is 17.4 Å². The van der Waals surface area contributed by atoms with E-state index in [1.54, 1.807) is 6.21 Å². The van der Waals surface area contributed by atoms with Crippen LogP contribution in [0.2, 0.25) is 5.02 Å². The number of hydrogen-bond donors (Lipinski definition) is 2. The number of halogens is 1. The van der Waals surface area contributed by atoms with Crippen molar-refractivity contribution < 1.29 is 9.53 Å². The van der Waals surface area contributed by atoms with E-state index in [0.717, 1.165) is 16.8 Å². The average molecular weight is 394 g/mol. The molecule has 2 N–H and O–H groups in total. The molecule has 3 aromatic rings. The quantitative estimate of drug-likeness (QED) is 0.438. The minimum absolute atomic E-state index is 0.141. The maximum atomic E-state index is 11.8. The lowest BCUT2D eigenvalue weighted by Gasteiger charge is -2.08. The highest BCUT2D eigenvalue weighted by molar-refractivity contribution is 6.31. The van der Waals surface area contributed by atoms with Gasteiger partial charge in [-0.15, -0.1) is 0 Å². The maximum Gasteiger partial charge on any atom is 0.259 e. The number of anilines is 1. The molecule has 6 heteroatoms. The lowest BCUT2D eigenvalue weighted by Crippen LogP contribution is -2.25. The first kappa shape index (κ1) is 19.5. The number of hydrazone groups is 1. The highest BCUT2D eigenvalue weighted by Crippen LogP contribution is 2.19. The van der Waals surface area contributed by atoms with E-state index in [1.807, 2.05) is 78.9 Å². The number of nitrogens with one attached hydrogen (secondary N) is 2. The number of para-hydroxylation sites is 1. The highest BCUT2D eigenvalue weighted by Gasteiger charge is 2.02. The van der Waals surface area contributed by atoms with Gasteiger partial charge < -0.3 is 10.1 Å². The van der Waals surface area contributed by atoms with Gasteiger partial charge in [0.2, 0.25) is 0 Å². The number of carbonyl (C=O) groups excluding carboxylic acids is 1. The molecule has 0 aliphatic heterocycles. The Hall–Kier alpha value is -3.31. The molecule has 0 spiro atoms. The van der Waals surface area contributed by atoms with Crippen molar-refractivity contribution in [3.8, 4) is 5.75 Å². The molecule has 0 bridgehead atoms. The topological polar surface area (TPSA) is 62.7 Å². The fourth-order valence-corrected chi connectivity index (χ4v) is 2.61. The summed E-state index contributed by atoms with van der Waals surface area (Å²) in [5, 5.41) is 7.68. The average Bonchev–Trinajstić information content (AvgIpc) is 2.73. The Labute approximate surface area is 169 Å². The maximum absolute atomic E-state index is 11.8. The molecule has 3 rings (SSSR count). The standard InChI is InChI=1S/C22H20ClN3O2/c23-21-12-5-4-8-18(21)16-28-20-11-6-7-17(13-20)14-25-26-22(27)15-24-19-9-2-1-3-10-19/h1-14,24H,15-16H2,(H,26,27)/b25-14-. The first-order valence-electron chi connectivity index (χ1n) is 8.78. The van der Waals surface area contributed by atoms with Crippen molar-refractivity contribution in [3.05, 3.63) is 95.0 Å². The summed E-state index contributed by atoms with van der Waals surface area (Å²) in [7, 11) is 0. The van der Waals surface area contributed by atoms with Gasteiger partial charge >= 0.3 is 0 Å². The third kappa shape index (κ3) is 6.14. The van der Waals surface area contributed by atoms with Crippen LogP contribution in [-0.4, -0.2) is 18.7 Å². The molecule has 1 amide bonds. The summed E-state index contributed by atoms with van der Waals surface area (Å²) in [6.07, 6.45) is 1.57. The van der Waals surface area contributed by atoms with Crippen molar-refractivity contribution in [2.24, 2.45) is 5.10 Å². The van der Waals surface area contributed by atoms with Gasteiger partial charge in [0.05, 0.1) is 12.8 Å². The summed E-state index contributed by atoms with van der Waals surface area (Å²) >= 11 is 6.14. The zero-order valence-electron chi connectivity index (χ0n) is 15.1. The molecule has 0 heterocycles. The van der Waals surface area contributed by atoms with Crippen LogP contribution in [0.5, 0.6) is 5.75 Å². The molecule has 28 heavy (non-hydrogen) atoms. The molecule has 142 valence electrons. The second-order valence-electron chi connectivity index (χ2n) is 5.97. The van der Waals surface area contributed by atoms with Crippen molar-refractivity contribution in [3.63, 3.8) is 0 Å². The zero-order chi connectivity index (χ0) is 19.6. The number of benzene rings is 3. The highest BCUT2D eigenvalue weighted by atomic mass is 35.5. The molecule has 3 aromatic carbocycles. The van der Waals surface area contributed by atoms with Crippen LogP contribution < -0.4 is 15.5 Å². The zero-order valence-corrected chi connectivity index (χ0v) is 15.9.